The highest BCUT2D eigenvalue weighted by Crippen LogP contribution is 2.09. The smallest absolute Gasteiger partial charge is 0.127 e. The van der Waals surface area contributed by atoms with Gasteiger partial charge in [0.2, 0.25) is 0 Å². The summed E-state index contributed by atoms with van der Waals surface area (Å²) in [6.45, 7) is 3.66. The van der Waals surface area contributed by atoms with Crippen LogP contribution in [0.25, 0.3) is 0 Å². The summed E-state index contributed by atoms with van der Waals surface area (Å²) >= 11 is 0. The van der Waals surface area contributed by atoms with E-state index in [1.54, 1.807) is 6.20 Å². The molecule has 1 aromatic carbocycles. The molecule has 0 fully saturated rings. The average molecular weight is 251 g/mol. The lowest BCUT2D eigenvalue weighted by atomic mass is 10.2. The Balaban J connectivity index is 1.94. The van der Waals surface area contributed by atoms with Crippen LogP contribution in [-0.4, -0.2) is 9.78 Å². The van der Waals surface area contributed by atoms with Gasteiger partial charge in [0, 0.05) is 31.4 Å². The highest BCUT2D eigenvalue weighted by molar-refractivity contribution is 5.18. The lowest BCUT2D eigenvalue weighted by Gasteiger charge is -2.07. The molecule has 0 spiro atoms. The van der Waals surface area contributed by atoms with Gasteiger partial charge in [-0.05, 0) is 31.2 Å². The number of hydrogen-bond donors (Lipinski definition) is 1. The predicted molar refractivity (Wildman–Crippen MR) is 64.8 cm³/mol. The fraction of sp³-hybridized carbons (Fsp3) is 0.308. The van der Waals surface area contributed by atoms with Crippen molar-refractivity contribution in [2.75, 3.05) is 0 Å². The van der Waals surface area contributed by atoms with Gasteiger partial charge in [-0.1, -0.05) is 0 Å². The third-order valence-corrected chi connectivity index (χ3v) is 2.73. The van der Waals surface area contributed by atoms with Crippen molar-refractivity contribution in [2.24, 2.45) is 0 Å². The number of nitrogens with zero attached hydrogens (tertiary/aromatic N) is 2. The zero-order valence-corrected chi connectivity index (χ0v) is 10.2. The highest BCUT2D eigenvalue weighted by atomic mass is 19.1. The van der Waals surface area contributed by atoms with Gasteiger partial charge in [-0.2, -0.15) is 5.10 Å². The second-order valence-electron chi connectivity index (χ2n) is 3.98. The number of rotatable bonds is 5. The van der Waals surface area contributed by atoms with Crippen LogP contribution >= 0.6 is 0 Å². The van der Waals surface area contributed by atoms with E-state index in [1.165, 1.54) is 6.07 Å². The number of hydrogen-bond acceptors (Lipinski definition) is 2. The largest absolute Gasteiger partial charge is 0.307 e. The summed E-state index contributed by atoms with van der Waals surface area (Å²) in [6, 6.07) is 5.37. The molecule has 0 radical (unpaired) electrons. The number of halogens is 2. The van der Waals surface area contributed by atoms with Gasteiger partial charge in [-0.3, -0.25) is 4.68 Å². The Morgan fingerprint density at radius 3 is 2.83 bits per heavy atom. The van der Waals surface area contributed by atoms with E-state index in [0.29, 0.717) is 18.7 Å². The molecule has 0 amide bonds. The molecule has 3 nitrogen and oxygen atoms in total. The predicted octanol–water partition coefficient (Wildman–Crippen LogP) is 2.47. The Hall–Kier alpha value is -1.75. The molecular formula is C13H15F2N3. The lowest BCUT2D eigenvalue weighted by Crippen LogP contribution is -2.17. The van der Waals surface area contributed by atoms with E-state index in [-0.39, 0.29) is 0 Å². The van der Waals surface area contributed by atoms with Gasteiger partial charge in [0.25, 0.3) is 0 Å². The van der Waals surface area contributed by atoms with Gasteiger partial charge < -0.3 is 5.32 Å². The van der Waals surface area contributed by atoms with E-state index in [9.17, 15) is 8.78 Å². The van der Waals surface area contributed by atoms with Crippen LogP contribution in [-0.2, 0) is 19.6 Å². The minimum Gasteiger partial charge on any atom is -0.307 e. The van der Waals surface area contributed by atoms with Crippen molar-refractivity contribution >= 4 is 0 Å². The van der Waals surface area contributed by atoms with Crippen LogP contribution in [0.3, 0.4) is 0 Å². The standard InChI is InChI=1S/C13H15F2N3/c1-2-18-12(5-6-17-18)9-16-8-10-7-11(14)3-4-13(10)15/h3-7,16H,2,8-9H2,1H3. The Bertz CT molecular complexity index is 523. The molecule has 0 unspecified atom stereocenters. The molecule has 0 atom stereocenters. The van der Waals surface area contributed by atoms with Crippen molar-refractivity contribution in [3.05, 3.63) is 53.4 Å². The first kappa shape index (κ1) is 12.7. The molecule has 0 aliphatic carbocycles. The van der Waals surface area contributed by atoms with Crippen LogP contribution in [0.2, 0.25) is 0 Å². The molecule has 2 rings (SSSR count). The van der Waals surface area contributed by atoms with Crippen LogP contribution in [0.1, 0.15) is 18.2 Å². The summed E-state index contributed by atoms with van der Waals surface area (Å²) in [7, 11) is 0. The molecule has 1 N–H and O–H groups in total. The van der Waals surface area contributed by atoms with Gasteiger partial charge in [-0.25, -0.2) is 8.78 Å². The average Bonchev–Trinajstić information content (AvgIpc) is 2.81. The molecule has 0 aliphatic rings. The van der Waals surface area contributed by atoms with Crippen LogP contribution in [0.15, 0.2) is 30.5 Å². The summed E-state index contributed by atoms with van der Waals surface area (Å²) < 4.78 is 28.2. The number of benzene rings is 1. The second kappa shape index (κ2) is 5.73. The number of nitrogens with one attached hydrogen (secondary N) is 1. The molecule has 0 saturated heterocycles. The molecule has 0 aliphatic heterocycles. The van der Waals surface area contributed by atoms with Crippen LogP contribution in [0.4, 0.5) is 8.78 Å². The molecule has 18 heavy (non-hydrogen) atoms. The highest BCUT2D eigenvalue weighted by Gasteiger charge is 2.04. The zero-order chi connectivity index (χ0) is 13.0. The lowest BCUT2D eigenvalue weighted by molar-refractivity contribution is 0.552. The first-order valence-corrected chi connectivity index (χ1v) is 5.86. The SMILES string of the molecule is CCn1nccc1CNCc1cc(F)ccc1F. The van der Waals surface area contributed by atoms with Gasteiger partial charge >= 0.3 is 0 Å². The van der Waals surface area contributed by atoms with Crippen molar-refractivity contribution in [3.63, 3.8) is 0 Å². The van der Waals surface area contributed by atoms with E-state index < -0.39 is 11.6 Å². The fourth-order valence-electron chi connectivity index (χ4n) is 1.80. The Kier molecular flexibility index (Phi) is 4.04. The van der Waals surface area contributed by atoms with Gasteiger partial charge in [0.05, 0.1) is 5.69 Å². The summed E-state index contributed by atoms with van der Waals surface area (Å²) in [5.74, 6) is -0.820. The van der Waals surface area contributed by atoms with Crippen LogP contribution in [0, 0.1) is 11.6 Å². The molecular weight excluding hydrogens is 236 g/mol. The van der Waals surface area contributed by atoms with Crippen molar-refractivity contribution < 1.29 is 8.78 Å². The van der Waals surface area contributed by atoms with Gasteiger partial charge in [0.15, 0.2) is 0 Å². The topological polar surface area (TPSA) is 29.9 Å². The zero-order valence-electron chi connectivity index (χ0n) is 10.2. The van der Waals surface area contributed by atoms with Crippen molar-refractivity contribution in [2.45, 2.75) is 26.6 Å². The third kappa shape index (κ3) is 2.92. The fourth-order valence-corrected chi connectivity index (χ4v) is 1.80. The monoisotopic (exact) mass is 251 g/mol. The third-order valence-electron chi connectivity index (χ3n) is 2.73. The Morgan fingerprint density at radius 1 is 1.22 bits per heavy atom. The van der Waals surface area contributed by atoms with E-state index in [4.69, 9.17) is 0 Å². The summed E-state index contributed by atoms with van der Waals surface area (Å²) in [6.07, 6.45) is 1.73. The summed E-state index contributed by atoms with van der Waals surface area (Å²) in [4.78, 5) is 0. The molecule has 0 saturated carbocycles. The molecule has 1 heterocycles. The second-order valence-corrected chi connectivity index (χ2v) is 3.98. The summed E-state index contributed by atoms with van der Waals surface area (Å²) in [5.41, 5.74) is 1.35. The maximum atomic E-state index is 13.4. The quantitative estimate of drug-likeness (QED) is 0.884. The first-order valence-electron chi connectivity index (χ1n) is 5.86. The molecule has 0 bridgehead atoms. The molecule has 1 aromatic heterocycles. The van der Waals surface area contributed by atoms with Crippen molar-refractivity contribution in [3.8, 4) is 0 Å². The van der Waals surface area contributed by atoms with Crippen LogP contribution < -0.4 is 5.32 Å². The minimum absolute atomic E-state index is 0.290. The molecule has 96 valence electrons. The maximum Gasteiger partial charge on any atom is 0.127 e. The van der Waals surface area contributed by atoms with Gasteiger partial charge in [-0.15, -0.1) is 0 Å². The molecule has 2 aromatic rings. The Labute approximate surface area is 104 Å². The minimum atomic E-state index is -0.424. The van der Waals surface area contributed by atoms with E-state index in [1.807, 2.05) is 17.7 Å². The van der Waals surface area contributed by atoms with Gasteiger partial charge in [0.1, 0.15) is 11.6 Å². The van der Waals surface area contributed by atoms with Crippen molar-refractivity contribution in [1.29, 1.82) is 0 Å². The van der Waals surface area contributed by atoms with E-state index in [0.717, 1.165) is 24.4 Å². The molecule has 5 heteroatoms. The first-order chi connectivity index (χ1) is 8.70. The van der Waals surface area contributed by atoms with E-state index >= 15 is 0 Å². The number of aromatic nitrogens is 2. The summed E-state index contributed by atoms with van der Waals surface area (Å²) in [5, 5.41) is 7.21. The number of aryl methyl sites for hydroxylation is 1. The normalized spacial score (nSPS) is 10.8. The van der Waals surface area contributed by atoms with Crippen molar-refractivity contribution in [1.82, 2.24) is 15.1 Å². The Morgan fingerprint density at radius 2 is 2.06 bits per heavy atom. The van der Waals surface area contributed by atoms with E-state index in [2.05, 4.69) is 10.4 Å². The maximum absolute atomic E-state index is 13.4. The van der Waals surface area contributed by atoms with Crippen LogP contribution in [0.5, 0.6) is 0 Å².